The van der Waals surface area contributed by atoms with E-state index in [2.05, 4.69) is 20.8 Å². The van der Waals surface area contributed by atoms with Gasteiger partial charge in [0.25, 0.3) is 0 Å². The number of ether oxygens (including phenoxy) is 2. The van der Waals surface area contributed by atoms with Gasteiger partial charge in [0, 0.05) is 26.1 Å². The Balaban J connectivity index is 2.39. The molecule has 1 aliphatic carbocycles. The van der Waals surface area contributed by atoms with E-state index in [1.165, 1.54) is 32.1 Å². The molecule has 0 unspecified atom stereocenters. The molecule has 0 saturated heterocycles. The fourth-order valence-electron chi connectivity index (χ4n) is 3.85. The molecule has 22 heavy (non-hydrogen) atoms. The van der Waals surface area contributed by atoms with Crippen LogP contribution in [0.5, 0.6) is 0 Å². The van der Waals surface area contributed by atoms with Crippen molar-refractivity contribution >= 4 is 6.29 Å². The van der Waals surface area contributed by atoms with Crippen molar-refractivity contribution in [1.82, 2.24) is 0 Å². The summed E-state index contributed by atoms with van der Waals surface area (Å²) in [6.45, 7) is 7.54. The second-order valence-corrected chi connectivity index (χ2v) is 7.43. The molecule has 0 aromatic carbocycles. The third-order valence-corrected chi connectivity index (χ3v) is 5.16. The lowest BCUT2D eigenvalue weighted by Crippen LogP contribution is -2.49. The first-order chi connectivity index (χ1) is 10.6. The van der Waals surface area contributed by atoms with E-state index >= 15 is 0 Å². The van der Waals surface area contributed by atoms with Crippen LogP contribution in [0.15, 0.2) is 0 Å². The number of rotatable bonds is 11. The van der Waals surface area contributed by atoms with E-state index in [9.17, 15) is 4.79 Å². The number of carbonyl (C=O) groups excluding carboxylic acids is 1. The Morgan fingerprint density at radius 1 is 1.14 bits per heavy atom. The highest BCUT2D eigenvalue weighted by Gasteiger charge is 2.44. The maximum atomic E-state index is 11.1. The smallest absolute Gasteiger partial charge is 0.120 e. The summed E-state index contributed by atoms with van der Waals surface area (Å²) in [5.41, 5.74) is 0.127. The summed E-state index contributed by atoms with van der Waals surface area (Å²) in [6, 6.07) is 0. The summed E-state index contributed by atoms with van der Waals surface area (Å²) in [5, 5.41) is 0. The molecule has 0 aliphatic heterocycles. The SMILES string of the molecule is CCCCCCCCO[C@@H]1CCC(C)(C)[C@H](OC)[C@H]1CC=O. The largest absolute Gasteiger partial charge is 0.380 e. The predicted molar refractivity (Wildman–Crippen MR) is 91.1 cm³/mol. The molecular formula is C19H36O3. The lowest BCUT2D eigenvalue weighted by Gasteiger charge is -2.46. The van der Waals surface area contributed by atoms with Crippen molar-refractivity contribution in [3.63, 3.8) is 0 Å². The van der Waals surface area contributed by atoms with Gasteiger partial charge in [-0.05, 0) is 24.7 Å². The molecule has 0 heterocycles. The van der Waals surface area contributed by atoms with Crippen molar-refractivity contribution in [3.8, 4) is 0 Å². The van der Waals surface area contributed by atoms with Crippen LogP contribution in [0.2, 0.25) is 0 Å². The Bertz CT molecular complexity index is 301. The van der Waals surface area contributed by atoms with Gasteiger partial charge in [0.2, 0.25) is 0 Å². The highest BCUT2D eigenvalue weighted by Crippen LogP contribution is 2.43. The van der Waals surface area contributed by atoms with Crippen LogP contribution in [0, 0.1) is 11.3 Å². The van der Waals surface area contributed by atoms with Gasteiger partial charge in [-0.2, -0.15) is 0 Å². The first-order valence-electron chi connectivity index (χ1n) is 9.14. The molecule has 3 atom stereocenters. The molecule has 0 N–H and O–H groups in total. The number of aldehydes is 1. The van der Waals surface area contributed by atoms with E-state index in [1.54, 1.807) is 7.11 Å². The summed E-state index contributed by atoms with van der Waals surface area (Å²) in [4.78, 5) is 11.1. The van der Waals surface area contributed by atoms with Crippen LogP contribution in [0.4, 0.5) is 0 Å². The third kappa shape index (κ3) is 6.00. The highest BCUT2D eigenvalue weighted by molar-refractivity contribution is 5.50. The minimum Gasteiger partial charge on any atom is -0.380 e. The van der Waals surface area contributed by atoms with Crippen molar-refractivity contribution in [2.45, 2.75) is 90.8 Å². The summed E-state index contributed by atoms with van der Waals surface area (Å²) in [6.07, 6.45) is 11.7. The molecule has 130 valence electrons. The van der Waals surface area contributed by atoms with Crippen LogP contribution in [0.25, 0.3) is 0 Å². The van der Waals surface area contributed by atoms with Gasteiger partial charge in [0.1, 0.15) is 6.29 Å². The molecule has 3 heteroatoms. The van der Waals surface area contributed by atoms with Crippen molar-refractivity contribution in [2.24, 2.45) is 11.3 Å². The fraction of sp³-hybridized carbons (Fsp3) is 0.947. The Hall–Kier alpha value is -0.410. The van der Waals surface area contributed by atoms with Crippen LogP contribution in [-0.2, 0) is 14.3 Å². The molecule has 3 nitrogen and oxygen atoms in total. The van der Waals surface area contributed by atoms with E-state index in [1.807, 2.05) is 0 Å². The minimum absolute atomic E-state index is 0.112. The normalized spacial score (nSPS) is 27.7. The maximum Gasteiger partial charge on any atom is 0.120 e. The van der Waals surface area contributed by atoms with Crippen LogP contribution >= 0.6 is 0 Å². The molecule has 0 spiro atoms. The van der Waals surface area contributed by atoms with E-state index in [0.717, 1.165) is 32.2 Å². The summed E-state index contributed by atoms with van der Waals surface area (Å²) < 4.78 is 11.9. The van der Waals surface area contributed by atoms with Gasteiger partial charge in [0.15, 0.2) is 0 Å². The van der Waals surface area contributed by atoms with Crippen molar-refractivity contribution < 1.29 is 14.3 Å². The molecule has 0 aromatic heterocycles. The van der Waals surface area contributed by atoms with E-state index in [-0.39, 0.29) is 23.5 Å². The lowest BCUT2D eigenvalue weighted by molar-refractivity contribution is -0.139. The standard InChI is InChI=1S/C19H36O3/c1-5-6-7-8-9-10-15-22-17-11-13-19(2,3)18(21-4)16(17)12-14-20/h14,16-18H,5-13,15H2,1-4H3/t16-,17+,18+/m0/s1. The Labute approximate surface area is 137 Å². The molecular weight excluding hydrogens is 276 g/mol. The van der Waals surface area contributed by atoms with E-state index < -0.39 is 0 Å². The summed E-state index contributed by atoms with van der Waals surface area (Å²) in [5.74, 6) is 0.200. The van der Waals surface area contributed by atoms with Crippen molar-refractivity contribution in [3.05, 3.63) is 0 Å². The number of hydrogen-bond donors (Lipinski definition) is 0. The predicted octanol–water partition coefficient (Wildman–Crippen LogP) is 4.77. The average Bonchev–Trinajstić information content (AvgIpc) is 2.48. The van der Waals surface area contributed by atoms with Gasteiger partial charge >= 0.3 is 0 Å². The van der Waals surface area contributed by atoms with E-state index in [0.29, 0.717) is 6.42 Å². The van der Waals surface area contributed by atoms with Crippen molar-refractivity contribution in [1.29, 1.82) is 0 Å². The zero-order chi connectivity index (χ0) is 16.4. The second kappa shape index (κ2) is 10.4. The zero-order valence-corrected chi connectivity index (χ0v) is 15.1. The fourth-order valence-corrected chi connectivity index (χ4v) is 3.85. The number of carbonyl (C=O) groups is 1. The molecule has 0 amide bonds. The zero-order valence-electron chi connectivity index (χ0n) is 15.1. The van der Waals surface area contributed by atoms with Crippen LogP contribution in [0.1, 0.15) is 78.6 Å². The highest BCUT2D eigenvalue weighted by atomic mass is 16.5. The monoisotopic (exact) mass is 312 g/mol. The summed E-state index contributed by atoms with van der Waals surface area (Å²) >= 11 is 0. The quantitative estimate of drug-likeness (QED) is 0.407. The first kappa shape index (κ1) is 19.6. The Morgan fingerprint density at radius 2 is 1.82 bits per heavy atom. The van der Waals surface area contributed by atoms with Gasteiger partial charge in [0.05, 0.1) is 12.2 Å². The van der Waals surface area contributed by atoms with Crippen LogP contribution < -0.4 is 0 Å². The third-order valence-electron chi connectivity index (χ3n) is 5.16. The number of methoxy groups -OCH3 is 1. The van der Waals surface area contributed by atoms with Gasteiger partial charge < -0.3 is 14.3 Å². The van der Waals surface area contributed by atoms with Crippen LogP contribution in [-0.4, -0.2) is 32.2 Å². The average molecular weight is 312 g/mol. The van der Waals surface area contributed by atoms with Crippen molar-refractivity contribution in [2.75, 3.05) is 13.7 Å². The first-order valence-corrected chi connectivity index (χ1v) is 9.14. The molecule has 0 radical (unpaired) electrons. The molecule has 1 fully saturated rings. The molecule has 0 aromatic rings. The molecule has 0 bridgehead atoms. The lowest BCUT2D eigenvalue weighted by atomic mass is 9.67. The van der Waals surface area contributed by atoms with Gasteiger partial charge in [-0.15, -0.1) is 0 Å². The topological polar surface area (TPSA) is 35.5 Å². The second-order valence-electron chi connectivity index (χ2n) is 7.43. The number of unbranched alkanes of at least 4 members (excludes halogenated alkanes) is 5. The van der Waals surface area contributed by atoms with Gasteiger partial charge in [-0.25, -0.2) is 0 Å². The van der Waals surface area contributed by atoms with Gasteiger partial charge in [-0.1, -0.05) is 52.9 Å². The summed E-state index contributed by atoms with van der Waals surface area (Å²) in [7, 11) is 1.76. The van der Waals surface area contributed by atoms with E-state index in [4.69, 9.17) is 9.47 Å². The molecule has 1 rings (SSSR count). The van der Waals surface area contributed by atoms with Gasteiger partial charge in [-0.3, -0.25) is 0 Å². The number of hydrogen-bond acceptors (Lipinski definition) is 3. The minimum atomic E-state index is 0.112. The molecule has 1 saturated carbocycles. The molecule has 1 aliphatic rings. The Kier molecular flexibility index (Phi) is 9.27. The maximum absolute atomic E-state index is 11.1. The van der Waals surface area contributed by atoms with Crippen LogP contribution in [0.3, 0.4) is 0 Å². The Morgan fingerprint density at radius 3 is 2.45 bits per heavy atom.